The van der Waals surface area contributed by atoms with E-state index < -0.39 is 18.0 Å². The van der Waals surface area contributed by atoms with Gasteiger partial charge in [0, 0.05) is 17.5 Å². The fourth-order valence-corrected chi connectivity index (χ4v) is 0.967. The van der Waals surface area contributed by atoms with Crippen LogP contribution in [-0.4, -0.2) is 27.1 Å². The van der Waals surface area contributed by atoms with Crippen LogP contribution in [0.2, 0.25) is 0 Å². The average Bonchev–Trinajstić information content (AvgIpc) is 2.17. The Hall–Kier alpha value is -1.56. The van der Waals surface area contributed by atoms with E-state index in [4.69, 9.17) is 10.2 Å². The number of halogens is 2. The predicted octanol–water partition coefficient (Wildman–Crippen LogP) is 1.14. The van der Waals surface area contributed by atoms with Crippen molar-refractivity contribution in [3.63, 3.8) is 0 Å². The summed E-state index contributed by atoms with van der Waals surface area (Å²) in [5, 5.41) is 17.3. The largest absolute Gasteiger partial charge is 0.477 e. The minimum absolute atomic E-state index is 0.229. The lowest BCUT2D eigenvalue weighted by Gasteiger charge is -2.18. The van der Waals surface area contributed by atoms with Gasteiger partial charge in [0.05, 0.1) is 0 Å². The van der Waals surface area contributed by atoms with Gasteiger partial charge >= 0.3 is 11.9 Å². The maximum absolute atomic E-state index is 12.8. The highest BCUT2D eigenvalue weighted by Gasteiger charge is 2.47. The van der Waals surface area contributed by atoms with Crippen molar-refractivity contribution in [3.8, 4) is 0 Å². The van der Waals surface area contributed by atoms with E-state index in [0.29, 0.717) is 5.69 Å². The molecule has 4 nitrogen and oxygen atoms in total. The number of hydrogen-bond acceptors (Lipinski definition) is 3. The Balaban J connectivity index is 2.99. The van der Waals surface area contributed by atoms with E-state index in [-0.39, 0.29) is 5.56 Å². The minimum Gasteiger partial charge on any atom is -0.477 e. The van der Waals surface area contributed by atoms with Gasteiger partial charge in [0.2, 0.25) is 0 Å². The first-order chi connectivity index (χ1) is 6.85. The summed E-state index contributed by atoms with van der Waals surface area (Å²) in [6.45, 7) is 1.64. The van der Waals surface area contributed by atoms with Gasteiger partial charge in [-0.1, -0.05) is 6.07 Å². The van der Waals surface area contributed by atoms with E-state index >= 15 is 0 Å². The van der Waals surface area contributed by atoms with Crippen molar-refractivity contribution >= 4 is 5.97 Å². The van der Waals surface area contributed by atoms with Crippen LogP contribution in [0.3, 0.4) is 0 Å². The van der Waals surface area contributed by atoms with Crippen molar-refractivity contribution < 1.29 is 23.8 Å². The number of rotatable bonds is 3. The number of aromatic nitrogens is 1. The molecule has 0 spiro atoms. The summed E-state index contributed by atoms with van der Waals surface area (Å²) in [6.07, 6.45) is -1.36. The Morgan fingerprint density at radius 2 is 2.13 bits per heavy atom. The van der Waals surface area contributed by atoms with Crippen molar-refractivity contribution in [2.45, 2.75) is 19.0 Å². The fraction of sp³-hybridized carbons (Fsp3) is 0.333. The molecule has 1 aromatic rings. The van der Waals surface area contributed by atoms with Crippen molar-refractivity contribution in [1.29, 1.82) is 0 Å². The summed E-state index contributed by atoms with van der Waals surface area (Å²) in [5.41, 5.74) is 0.359. The van der Waals surface area contributed by atoms with Gasteiger partial charge in [-0.2, -0.15) is 8.78 Å². The Morgan fingerprint density at radius 1 is 1.53 bits per heavy atom. The fourth-order valence-electron chi connectivity index (χ4n) is 0.967. The molecule has 1 rings (SSSR count). The lowest BCUT2D eigenvalue weighted by atomic mass is 10.1. The molecule has 0 fully saturated rings. The van der Waals surface area contributed by atoms with Gasteiger partial charge < -0.3 is 10.2 Å². The molecule has 1 unspecified atom stereocenters. The number of pyridine rings is 1. The topological polar surface area (TPSA) is 70.4 Å². The number of aliphatic carboxylic acids is 1. The lowest BCUT2D eigenvalue weighted by molar-refractivity contribution is -0.182. The predicted molar refractivity (Wildman–Crippen MR) is 46.5 cm³/mol. The Bertz CT molecular complexity index is 364. The molecule has 1 atom stereocenters. The molecule has 0 aliphatic rings. The van der Waals surface area contributed by atoms with Gasteiger partial charge in [-0.05, 0) is 13.0 Å². The van der Waals surface area contributed by atoms with Gasteiger partial charge in [-0.25, -0.2) is 4.79 Å². The van der Waals surface area contributed by atoms with Crippen molar-refractivity contribution in [3.05, 3.63) is 29.6 Å². The molecule has 0 saturated heterocycles. The minimum atomic E-state index is -4.21. The first-order valence-electron chi connectivity index (χ1n) is 4.07. The second kappa shape index (κ2) is 3.90. The highest BCUT2D eigenvalue weighted by molar-refractivity contribution is 5.76. The van der Waals surface area contributed by atoms with Crippen LogP contribution in [0.4, 0.5) is 8.78 Å². The molecule has 0 bridgehead atoms. The number of carboxylic acid groups (broad SMARTS) is 1. The van der Waals surface area contributed by atoms with Crippen LogP contribution in [0.1, 0.15) is 17.4 Å². The number of aliphatic hydroxyl groups is 1. The quantitative estimate of drug-likeness (QED) is 0.796. The normalized spacial score (nSPS) is 13.6. The monoisotopic (exact) mass is 217 g/mol. The molecule has 0 aliphatic carbocycles. The van der Waals surface area contributed by atoms with Crippen molar-refractivity contribution in [2.24, 2.45) is 0 Å². The van der Waals surface area contributed by atoms with Crippen molar-refractivity contribution in [1.82, 2.24) is 4.98 Å². The second-order valence-electron chi connectivity index (χ2n) is 3.06. The Morgan fingerprint density at radius 3 is 2.53 bits per heavy atom. The Labute approximate surface area is 84.2 Å². The first kappa shape index (κ1) is 11.5. The molecule has 0 aromatic carbocycles. The second-order valence-corrected chi connectivity index (χ2v) is 3.06. The number of alkyl halides is 2. The summed E-state index contributed by atoms with van der Waals surface area (Å²) in [5.74, 6) is -6.58. The number of carboxylic acids is 1. The van der Waals surface area contributed by atoms with Gasteiger partial charge in [0.25, 0.3) is 0 Å². The van der Waals surface area contributed by atoms with Crippen LogP contribution in [0, 0.1) is 6.92 Å². The molecule has 2 N–H and O–H groups in total. The van der Waals surface area contributed by atoms with Gasteiger partial charge in [-0.3, -0.25) is 4.98 Å². The molecule has 15 heavy (non-hydrogen) atoms. The van der Waals surface area contributed by atoms with Crippen LogP contribution in [0.25, 0.3) is 0 Å². The van der Waals surface area contributed by atoms with Crippen LogP contribution in [0.5, 0.6) is 0 Å². The van der Waals surface area contributed by atoms with Crippen molar-refractivity contribution in [2.75, 3.05) is 0 Å². The Kier molecular flexibility index (Phi) is 2.99. The first-order valence-corrected chi connectivity index (χ1v) is 4.07. The molecule has 1 aromatic heterocycles. The summed E-state index contributed by atoms with van der Waals surface area (Å²) >= 11 is 0. The smallest absolute Gasteiger partial charge is 0.377 e. The third kappa shape index (κ3) is 2.27. The molecule has 0 amide bonds. The highest BCUT2D eigenvalue weighted by atomic mass is 19.3. The zero-order chi connectivity index (χ0) is 11.6. The maximum Gasteiger partial charge on any atom is 0.377 e. The van der Waals surface area contributed by atoms with Gasteiger partial charge in [0.1, 0.15) is 0 Å². The molecule has 82 valence electrons. The number of aliphatic hydroxyl groups excluding tert-OH is 1. The molecule has 1 heterocycles. The summed E-state index contributed by atoms with van der Waals surface area (Å²) in [4.78, 5) is 13.9. The standard InChI is InChI=1S/C9H9F2NO3/c1-5-2-3-6(4-12-5)7(13)9(10,11)8(14)15/h2-4,7,13H,1H3,(H,14,15). The molecule has 0 aliphatic heterocycles. The number of nitrogens with zero attached hydrogens (tertiary/aromatic N) is 1. The summed E-state index contributed by atoms with van der Waals surface area (Å²) < 4.78 is 25.7. The highest BCUT2D eigenvalue weighted by Crippen LogP contribution is 2.30. The SMILES string of the molecule is Cc1ccc(C(O)C(F)(F)C(=O)O)cn1. The van der Waals surface area contributed by atoms with E-state index in [2.05, 4.69) is 4.98 Å². The van der Waals surface area contributed by atoms with E-state index in [9.17, 15) is 13.6 Å². The molecular weight excluding hydrogens is 208 g/mol. The number of carbonyl (C=O) groups is 1. The summed E-state index contributed by atoms with van der Waals surface area (Å²) in [7, 11) is 0. The van der Waals surface area contributed by atoms with E-state index in [1.165, 1.54) is 12.1 Å². The van der Waals surface area contributed by atoms with E-state index in [0.717, 1.165) is 6.20 Å². The molecule has 0 radical (unpaired) electrons. The van der Waals surface area contributed by atoms with Crippen LogP contribution in [-0.2, 0) is 4.79 Å². The summed E-state index contributed by atoms with van der Waals surface area (Å²) in [6, 6.07) is 2.63. The number of hydrogen-bond donors (Lipinski definition) is 2. The molecule has 6 heteroatoms. The van der Waals surface area contributed by atoms with E-state index in [1.54, 1.807) is 6.92 Å². The molecule has 0 saturated carbocycles. The lowest BCUT2D eigenvalue weighted by Crippen LogP contribution is -2.35. The van der Waals surface area contributed by atoms with Gasteiger partial charge in [-0.15, -0.1) is 0 Å². The van der Waals surface area contributed by atoms with Crippen LogP contribution < -0.4 is 0 Å². The number of aryl methyl sites for hydroxylation is 1. The molecular formula is C9H9F2NO3. The van der Waals surface area contributed by atoms with Gasteiger partial charge in [0.15, 0.2) is 6.10 Å². The van der Waals surface area contributed by atoms with E-state index in [1.807, 2.05) is 0 Å². The zero-order valence-corrected chi connectivity index (χ0v) is 7.82. The third-order valence-corrected chi connectivity index (χ3v) is 1.88. The zero-order valence-electron chi connectivity index (χ0n) is 7.82. The average molecular weight is 217 g/mol. The third-order valence-electron chi connectivity index (χ3n) is 1.88. The maximum atomic E-state index is 12.8. The van der Waals surface area contributed by atoms with Crippen LogP contribution in [0.15, 0.2) is 18.3 Å². The van der Waals surface area contributed by atoms with Crippen LogP contribution >= 0.6 is 0 Å².